The van der Waals surface area contributed by atoms with Crippen LogP contribution in [0.1, 0.15) is 31.4 Å². The minimum Gasteiger partial charge on any atom is -0.396 e. The fourth-order valence-electron chi connectivity index (χ4n) is 2.91. The molecule has 2 rings (SSSR count). The lowest BCUT2D eigenvalue weighted by Crippen LogP contribution is -2.45. The number of nitrogens with zero attached hydrogens (tertiary/aromatic N) is 2. The average Bonchev–Trinajstić information content (AvgIpc) is 2.47. The van der Waals surface area contributed by atoms with Crippen molar-refractivity contribution in [1.29, 1.82) is 0 Å². The van der Waals surface area contributed by atoms with Crippen LogP contribution in [0.5, 0.6) is 0 Å². The van der Waals surface area contributed by atoms with Crippen molar-refractivity contribution in [2.45, 2.75) is 25.9 Å². The monoisotopic (exact) mass is 294 g/mol. The highest BCUT2D eigenvalue weighted by Gasteiger charge is 2.31. The zero-order valence-corrected chi connectivity index (χ0v) is 12.2. The molecular formula is C15H22N2O4. The Hall–Kier alpha value is -1.50. The minimum absolute atomic E-state index is 0.00890. The van der Waals surface area contributed by atoms with Gasteiger partial charge in [-0.3, -0.25) is 15.0 Å². The van der Waals surface area contributed by atoms with Gasteiger partial charge < -0.3 is 10.2 Å². The van der Waals surface area contributed by atoms with Gasteiger partial charge in [0.15, 0.2) is 0 Å². The third kappa shape index (κ3) is 4.00. The molecule has 0 saturated carbocycles. The summed E-state index contributed by atoms with van der Waals surface area (Å²) in [5.74, 6) is 0. The van der Waals surface area contributed by atoms with Crippen LogP contribution < -0.4 is 0 Å². The fraction of sp³-hybridized carbons (Fsp3) is 0.600. The molecule has 1 aromatic rings. The van der Waals surface area contributed by atoms with E-state index in [1.165, 1.54) is 12.1 Å². The maximum Gasteiger partial charge on any atom is 0.269 e. The Labute approximate surface area is 124 Å². The summed E-state index contributed by atoms with van der Waals surface area (Å²) in [6.07, 6.45) is 1.21. The number of β-amino-alcohol motifs (C(OH)–C–C–N with tert-alkyl or cyclic N) is 1. The van der Waals surface area contributed by atoms with E-state index in [1.54, 1.807) is 12.1 Å². The lowest BCUT2D eigenvalue weighted by atomic mass is 9.82. The number of hydrogen-bond donors (Lipinski definition) is 2. The second kappa shape index (κ2) is 6.51. The molecule has 1 fully saturated rings. The predicted molar refractivity (Wildman–Crippen MR) is 78.9 cm³/mol. The van der Waals surface area contributed by atoms with Crippen LogP contribution in [0.25, 0.3) is 0 Å². The second-order valence-electron chi connectivity index (χ2n) is 6.18. The molecule has 6 heteroatoms. The molecule has 0 bridgehead atoms. The molecule has 1 aromatic carbocycles. The molecule has 0 radical (unpaired) electrons. The zero-order chi connectivity index (χ0) is 15.5. The Morgan fingerprint density at radius 2 is 2.29 bits per heavy atom. The molecule has 6 nitrogen and oxygen atoms in total. The van der Waals surface area contributed by atoms with Gasteiger partial charge >= 0.3 is 0 Å². The molecule has 0 spiro atoms. The van der Waals surface area contributed by atoms with Crippen LogP contribution in [0, 0.1) is 15.5 Å². The summed E-state index contributed by atoms with van der Waals surface area (Å²) < 4.78 is 0. The summed E-state index contributed by atoms with van der Waals surface area (Å²) in [5.41, 5.74) is 0.423. The van der Waals surface area contributed by atoms with E-state index < -0.39 is 11.0 Å². The van der Waals surface area contributed by atoms with Crippen LogP contribution in [-0.2, 0) is 0 Å². The van der Waals surface area contributed by atoms with Crippen molar-refractivity contribution < 1.29 is 15.1 Å². The molecule has 0 aromatic heterocycles. The molecule has 116 valence electrons. The predicted octanol–water partition coefficient (Wildman–Crippen LogP) is 1.72. The first-order chi connectivity index (χ1) is 9.93. The van der Waals surface area contributed by atoms with Crippen LogP contribution >= 0.6 is 0 Å². The lowest BCUT2D eigenvalue weighted by molar-refractivity contribution is -0.385. The van der Waals surface area contributed by atoms with E-state index in [4.69, 9.17) is 0 Å². The highest BCUT2D eigenvalue weighted by Crippen LogP contribution is 2.30. The van der Waals surface area contributed by atoms with Gasteiger partial charge in [-0.1, -0.05) is 19.1 Å². The van der Waals surface area contributed by atoms with Crippen molar-refractivity contribution in [3.8, 4) is 0 Å². The normalized spacial score (nSPS) is 24.7. The zero-order valence-electron chi connectivity index (χ0n) is 12.2. The van der Waals surface area contributed by atoms with Gasteiger partial charge in [0.2, 0.25) is 0 Å². The van der Waals surface area contributed by atoms with E-state index in [1.807, 2.05) is 6.92 Å². The summed E-state index contributed by atoms with van der Waals surface area (Å²) in [6, 6.07) is 6.12. The minimum atomic E-state index is -0.758. The van der Waals surface area contributed by atoms with E-state index >= 15 is 0 Å². The van der Waals surface area contributed by atoms with Crippen molar-refractivity contribution in [2.24, 2.45) is 5.41 Å². The molecule has 2 atom stereocenters. The first kappa shape index (κ1) is 15.9. The van der Waals surface area contributed by atoms with Gasteiger partial charge in [0, 0.05) is 37.2 Å². The smallest absolute Gasteiger partial charge is 0.269 e. The number of likely N-dealkylation sites (tertiary alicyclic amines) is 1. The Bertz CT molecular complexity index is 508. The summed E-state index contributed by atoms with van der Waals surface area (Å²) >= 11 is 0. The number of piperidine rings is 1. The molecule has 21 heavy (non-hydrogen) atoms. The van der Waals surface area contributed by atoms with Crippen LogP contribution in [-0.4, -0.2) is 46.3 Å². The highest BCUT2D eigenvalue weighted by molar-refractivity contribution is 5.35. The average molecular weight is 294 g/mol. The first-order valence-electron chi connectivity index (χ1n) is 7.19. The summed E-state index contributed by atoms with van der Waals surface area (Å²) in [7, 11) is 0. The van der Waals surface area contributed by atoms with Crippen LogP contribution in [0.15, 0.2) is 24.3 Å². The van der Waals surface area contributed by atoms with Gasteiger partial charge in [0.1, 0.15) is 0 Å². The quantitative estimate of drug-likeness (QED) is 0.638. The van der Waals surface area contributed by atoms with Crippen molar-refractivity contribution in [2.75, 3.05) is 26.2 Å². The van der Waals surface area contributed by atoms with Crippen LogP contribution in [0.3, 0.4) is 0 Å². The maximum absolute atomic E-state index is 10.8. The number of rotatable bonds is 5. The molecule has 1 saturated heterocycles. The van der Waals surface area contributed by atoms with E-state index in [0.717, 1.165) is 25.9 Å². The van der Waals surface area contributed by atoms with Crippen LogP contribution in [0.2, 0.25) is 0 Å². The van der Waals surface area contributed by atoms with Gasteiger partial charge in [-0.15, -0.1) is 0 Å². The maximum atomic E-state index is 10.8. The van der Waals surface area contributed by atoms with Gasteiger partial charge in [0.05, 0.1) is 11.0 Å². The van der Waals surface area contributed by atoms with Gasteiger partial charge in [-0.25, -0.2) is 0 Å². The first-order valence-corrected chi connectivity index (χ1v) is 7.19. The van der Waals surface area contributed by atoms with Gasteiger partial charge in [0.25, 0.3) is 5.69 Å². The molecule has 1 aliphatic heterocycles. The fourth-order valence-corrected chi connectivity index (χ4v) is 2.91. The standard InChI is InChI=1S/C15H22N2O4/c1-15(11-18)6-3-7-16(10-15)9-14(19)12-4-2-5-13(8-12)17(20)21/h2,4-5,8,14,18-19H,3,6-7,9-11H2,1H3. The Morgan fingerprint density at radius 3 is 2.95 bits per heavy atom. The van der Waals surface area contributed by atoms with E-state index in [9.17, 15) is 20.3 Å². The number of hydrogen-bond acceptors (Lipinski definition) is 5. The molecule has 0 aliphatic carbocycles. The third-order valence-corrected chi connectivity index (χ3v) is 4.14. The van der Waals surface area contributed by atoms with Gasteiger partial charge in [-0.2, -0.15) is 0 Å². The van der Waals surface area contributed by atoms with E-state index in [0.29, 0.717) is 12.1 Å². The lowest BCUT2D eigenvalue weighted by Gasteiger charge is -2.40. The summed E-state index contributed by atoms with van der Waals surface area (Å²) in [4.78, 5) is 12.4. The molecule has 0 amide bonds. The Morgan fingerprint density at radius 1 is 1.52 bits per heavy atom. The highest BCUT2D eigenvalue weighted by atomic mass is 16.6. The number of non-ortho nitro benzene ring substituents is 1. The summed E-state index contributed by atoms with van der Waals surface area (Å²) in [6.45, 7) is 4.21. The number of aliphatic hydroxyl groups is 2. The van der Waals surface area contributed by atoms with Crippen molar-refractivity contribution in [3.05, 3.63) is 39.9 Å². The topological polar surface area (TPSA) is 86.8 Å². The Kier molecular flexibility index (Phi) is 4.92. The van der Waals surface area contributed by atoms with Crippen molar-refractivity contribution in [1.82, 2.24) is 4.90 Å². The summed E-state index contributed by atoms with van der Waals surface area (Å²) in [5, 5.41) is 30.5. The van der Waals surface area contributed by atoms with E-state index in [-0.39, 0.29) is 17.7 Å². The van der Waals surface area contributed by atoms with Gasteiger partial charge in [-0.05, 0) is 24.9 Å². The molecule has 1 aliphatic rings. The van der Waals surface area contributed by atoms with Crippen LogP contribution in [0.4, 0.5) is 5.69 Å². The largest absolute Gasteiger partial charge is 0.396 e. The van der Waals surface area contributed by atoms with Crippen molar-refractivity contribution >= 4 is 5.69 Å². The SMILES string of the molecule is CC1(CO)CCCN(CC(O)c2cccc([N+](=O)[O-])c2)C1. The van der Waals surface area contributed by atoms with E-state index in [2.05, 4.69) is 4.90 Å². The number of benzene rings is 1. The number of nitro benzene ring substituents is 1. The Balaban J connectivity index is 2.02. The second-order valence-corrected chi connectivity index (χ2v) is 6.18. The molecule has 1 heterocycles. The molecule has 2 N–H and O–H groups in total. The third-order valence-electron chi connectivity index (χ3n) is 4.14. The molecule has 2 unspecified atom stereocenters. The molecular weight excluding hydrogens is 272 g/mol. The number of nitro groups is 1. The van der Waals surface area contributed by atoms with Crippen molar-refractivity contribution in [3.63, 3.8) is 0 Å². The number of aliphatic hydroxyl groups excluding tert-OH is 2.